The lowest BCUT2D eigenvalue weighted by Gasteiger charge is -2.63. The molecule has 5 nitrogen and oxygen atoms in total. The van der Waals surface area contributed by atoms with Gasteiger partial charge in [0.1, 0.15) is 0 Å². The summed E-state index contributed by atoms with van der Waals surface area (Å²) in [6.45, 7) is 4.46. The lowest BCUT2D eigenvalue weighted by atomic mass is 9.46. The third kappa shape index (κ3) is 3.98. The largest absolute Gasteiger partial charge is 0.388 e. The molecule has 150 valence electrons. The van der Waals surface area contributed by atoms with Crippen LogP contribution >= 0.6 is 24.0 Å². The number of guanidine groups is 1. The highest BCUT2D eigenvalue weighted by Gasteiger charge is 2.66. The standard InChI is InChI=1S/C21H31N3O2.HI/c1-2-22-20(23-13-9-17(25)15-7-4-3-5-8-15)24-18-16-10-14-26-19(16)21(18)11-6-12-21;/h3-5,7-8,16-19,25H,2,6,9-14H2,1H3,(H2,22,23,24);1H. The van der Waals surface area contributed by atoms with Crippen molar-refractivity contribution in [2.45, 2.75) is 57.3 Å². The first-order valence-electron chi connectivity index (χ1n) is 10.1. The summed E-state index contributed by atoms with van der Waals surface area (Å²) < 4.78 is 6.01. The van der Waals surface area contributed by atoms with E-state index in [4.69, 9.17) is 9.73 Å². The van der Waals surface area contributed by atoms with Crippen molar-refractivity contribution in [3.63, 3.8) is 0 Å². The number of fused-ring (bicyclic) bond motifs is 2. The lowest BCUT2D eigenvalue weighted by Crippen LogP contribution is -2.72. The highest BCUT2D eigenvalue weighted by Crippen LogP contribution is 2.62. The molecule has 1 saturated heterocycles. The van der Waals surface area contributed by atoms with E-state index in [1.807, 2.05) is 30.3 Å². The molecule has 2 aliphatic carbocycles. The summed E-state index contributed by atoms with van der Waals surface area (Å²) in [5.41, 5.74) is 1.31. The first-order valence-corrected chi connectivity index (χ1v) is 10.1. The second kappa shape index (κ2) is 9.09. The van der Waals surface area contributed by atoms with Gasteiger partial charge in [0.15, 0.2) is 5.96 Å². The Morgan fingerprint density at radius 1 is 1.33 bits per heavy atom. The molecular formula is C21H32IN3O2. The molecule has 4 unspecified atom stereocenters. The molecule has 6 heteroatoms. The Balaban J connectivity index is 0.00000210. The molecule has 0 aromatic heterocycles. The Hall–Kier alpha value is -0.860. The van der Waals surface area contributed by atoms with Gasteiger partial charge in [0.2, 0.25) is 0 Å². The van der Waals surface area contributed by atoms with Crippen LogP contribution in [0, 0.1) is 11.3 Å². The Bertz CT molecular complexity index is 636. The first-order chi connectivity index (χ1) is 12.7. The lowest BCUT2D eigenvalue weighted by molar-refractivity contribution is -0.171. The smallest absolute Gasteiger partial charge is 0.191 e. The predicted octanol–water partition coefficient (Wildman–Crippen LogP) is 3.24. The number of nitrogens with zero attached hydrogens (tertiary/aromatic N) is 1. The van der Waals surface area contributed by atoms with Crippen molar-refractivity contribution < 1.29 is 9.84 Å². The molecule has 0 radical (unpaired) electrons. The maximum atomic E-state index is 10.3. The van der Waals surface area contributed by atoms with E-state index in [9.17, 15) is 5.11 Å². The fraction of sp³-hybridized carbons (Fsp3) is 0.667. The summed E-state index contributed by atoms with van der Waals surface area (Å²) in [7, 11) is 0. The van der Waals surface area contributed by atoms with Crippen molar-refractivity contribution in [1.82, 2.24) is 10.6 Å². The minimum Gasteiger partial charge on any atom is -0.388 e. The summed E-state index contributed by atoms with van der Waals surface area (Å²) in [6, 6.07) is 10.3. The fourth-order valence-electron chi connectivity index (χ4n) is 5.06. The Labute approximate surface area is 179 Å². The third-order valence-electron chi connectivity index (χ3n) is 6.53. The molecule has 4 atom stereocenters. The number of hydrogen-bond donors (Lipinski definition) is 3. The van der Waals surface area contributed by atoms with Crippen LogP contribution in [0.3, 0.4) is 0 Å². The molecule has 1 aromatic carbocycles. The number of aliphatic hydroxyl groups excluding tert-OH is 1. The van der Waals surface area contributed by atoms with E-state index in [-0.39, 0.29) is 24.0 Å². The Kier molecular flexibility index (Phi) is 7.03. The van der Waals surface area contributed by atoms with Gasteiger partial charge in [-0.3, -0.25) is 4.99 Å². The van der Waals surface area contributed by atoms with Crippen LogP contribution < -0.4 is 10.6 Å². The zero-order chi connectivity index (χ0) is 18.0. The zero-order valence-electron chi connectivity index (χ0n) is 16.1. The topological polar surface area (TPSA) is 65.9 Å². The van der Waals surface area contributed by atoms with Gasteiger partial charge in [0.25, 0.3) is 0 Å². The van der Waals surface area contributed by atoms with E-state index in [1.54, 1.807) is 0 Å². The highest BCUT2D eigenvalue weighted by atomic mass is 127. The van der Waals surface area contributed by atoms with E-state index in [1.165, 1.54) is 19.3 Å². The number of rotatable bonds is 6. The van der Waals surface area contributed by atoms with Gasteiger partial charge in [-0.05, 0) is 38.2 Å². The molecule has 27 heavy (non-hydrogen) atoms. The van der Waals surface area contributed by atoms with Crippen molar-refractivity contribution in [3.8, 4) is 0 Å². The summed E-state index contributed by atoms with van der Waals surface area (Å²) in [5, 5.41) is 17.4. The van der Waals surface area contributed by atoms with E-state index in [0.717, 1.165) is 31.1 Å². The van der Waals surface area contributed by atoms with Gasteiger partial charge in [-0.25, -0.2) is 0 Å². The monoisotopic (exact) mass is 485 g/mol. The number of ether oxygens (including phenoxy) is 1. The van der Waals surface area contributed by atoms with Crippen LogP contribution in [0.4, 0.5) is 0 Å². The molecule has 2 saturated carbocycles. The van der Waals surface area contributed by atoms with Crippen LogP contribution in [0.15, 0.2) is 35.3 Å². The van der Waals surface area contributed by atoms with Crippen molar-refractivity contribution in [2.24, 2.45) is 16.3 Å². The Morgan fingerprint density at radius 2 is 2.11 bits per heavy atom. The van der Waals surface area contributed by atoms with Crippen molar-refractivity contribution in [2.75, 3.05) is 19.7 Å². The number of halogens is 1. The predicted molar refractivity (Wildman–Crippen MR) is 118 cm³/mol. The molecule has 0 bridgehead atoms. The number of hydrogen-bond acceptors (Lipinski definition) is 3. The summed E-state index contributed by atoms with van der Waals surface area (Å²) >= 11 is 0. The van der Waals surface area contributed by atoms with E-state index in [2.05, 4.69) is 17.6 Å². The van der Waals surface area contributed by atoms with Crippen LogP contribution in [-0.4, -0.2) is 42.9 Å². The van der Waals surface area contributed by atoms with Crippen molar-refractivity contribution >= 4 is 29.9 Å². The van der Waals surface area contributed by atoms with Crippen LogP contribution in [0.5, 0.6) is 0 Å². The van der Waals surface area contributed by atoms with E-state index in [0.29, 0.717) is 36.4 Å². The third-order valence-corrected chi connectivity index (χ3v) is 6.53. The van der Waals surface area contributed by atoms with Gasteiger partial charge in [-0.2, -0.15) is 0 Å². The molecular weight excluding hydrogens is 453 g/mol. The molecule has 4 rings (SSSR count). The minimum atomic E-state index is -0.461. The van der Waals surface area contributed by atoms with Gasteiger partial charge in [0, 0.05) is 37.1 Å². The second-order valence-corrected chi connectivity index (χ2v) is 7.93. The average molecular weight is 485 g/mol. The van der Waals surface area contributed by atoms with Gasteiger partial charge >= 0.3 is 0 Å². The van der Waals surface area contributed by atoms with Gasteiger partial charge in [0.05, 0.1) is 12.2 Å². The molecule has 1 aliphatic heterocycles. The molecule has 3 aliphatic rings. The SMILES string of the molecule is CCNC(=NCCC(O)c1ccccc1)NC1C2CCOC2C12CCC2.I. The molecule has 3 N–H and O–H groups in total. The molecule has 1 spiro atoms. The highest BCUT2D eigenvalue weighted by molar-refractivity contribution is 14.0. The Morgan fingerprint density at radius 3 is 2.78 bits per heavy atom. The minimum absolute atomic E-state index is 0. The molecule has 0 amide bonds. The number of benzene rings is 1. The summed E-state index contributed by atoms with van der Waals surface area (Å²) in [4.78, 5) is 4.73. The van der Waals surface area contributed by atoms with Gasteiger partial charge in [-0.15, -0.1) is 24.0 Å². The molecule has 1 heterocycles. The normalized spacial score (nSPS) is 29.1. The number of aliphatic hydroxyl groups is 1. The molecule has 3 fully saturated rings. The van der Waals surface area contributed by atoms with E-state index >= 15 is 0 Å². The number of aliphatic imine (C=N–C) groups is 1. The average Bonchev–Trinajstić information content (AvgIpc) is 3.04. The fourth-order valence-corrected chi connectivity index (χ4v) is 5.06. The zero-order valence-corrected chi connectivity index (χ0v) is 18.4. The quantitative estimate of drug-likeness (QED) is 0.329. The number of nitrogens with one attached hydrogen (secondary N) is 2. The van der Waals surface area contributed by atoms with Crippen molar-refractivity contribution in [3.05, 3.63) is 35.9 Å². The second-order valence-electron chi connectivity index (χ2n) is 7.93. The van der Waals surface area contributed by atoms with E-state index < -0.39 is 6.10 Å². The van der Waals surface area contributed by atoms with Crippen LogP contribution in [0.2, 0.25) is 0 Å². The maximum Gasteiger partial charge on any atom is 0.191 e. The summed E-state index contributed by atoms with van der Waals surface area (Å²) in [6.07, 6.45) is 5.67. The first kappa shape index (κ1) is 20.9. The van der Waals surface area contributed by atoms with Crippen LogP contribution in [-0.2, 0) is 4.74 Å². The van der Waals surface area contributed by atoms with Gasteiger partial charge in [-0.1, -0.05) is 36.8 Å². The van der Waals surface area contributed by atoms with Crippen LogP contribution in [0.1, 0.15) is 50.7 Å². The molecule has 1 aromatic rings. The maximum absolute atomic E-state index is 10.3. The van der Waals surface area contributed by atoms with Crippen molar-refractivity contribution in [1.29, 1.82) is 0 Å². The van der Waals surface area contributed by atoms with Crippen LogP contribution in [0.25, 0.3) is 0 Å². The summed E-state index contributed by atoms with van der Waals surface area (Å²) in [5.74, 6) is 1.52. The van der Waals surface area contributed by atoms with Gasteiger partial charge < -0.3 is 20.5 Å².